The molecule has 1 fully saturated rings. The summed E-state index contributed by atoms with van der Waals surface area (Å²) in [6.07, 6.45) is 5.28. The number of hydrogen-bond acceptors (Lipinski definition) is 5. The zero-order valence-corrected chi connectivity index (χ0v) is 13.8. The summed E-state index contributed by atoms with van der Waals surface area (Å²) in [5, 5.41) is 3.54. The highest BCUT2D eigenvalue weighted by molar-refractivity contribution is 5.36. The highest BCUT2D eigenvalue weighted by Crippen LogP contribution is 2.38. The van der Waals surface area contributed by atoms with Crippen LogP contribution < -0.4 is 5.32 Å². The largest absolute Gasteiger partial charge is 0.377 e. The number of rotatable bonds is 7. The van der Waals surface area contributed by atoms with Crippen LogP contribution in [0.5, 0.6) is 0 Å². The third-order valence-corrected chi connectivity index (χ3v) is 4.13. The fourth-order valence-electron chi connectivity index (χ4n) is 3.38. The molecule has 1 saturated carbocycles. The minimum absolute atomic E-state index is 0.379. The molecule has 1 aliphatic carbocycles. The Morgan fingerprint density at radius 1 is 1.29 bits per heavy atom. The molecule has 0 atom stereocenters. The molecular weight excluding hydrogens is 264 g/mol. The highest BCUT2D eigenvalue weighted by atomic mass is 16.5. The molecule has 0 amide bonds. The topological polar surface area (TPSA) is 50.3 Å². The normalized spacial score (nSPS) is 17.4. The molecule has 0 aliphatic heterocycles. The Hall–Kier alpha value is -1.20. The Labute approximate surface area is 128 Å². The maximum absolute atomic E-state index is 5.13. The lowest BCUT2D eigenvalue weighted by molar-refractivity contribution is 0.177. The summed E-state index contributed by atoms with van der Waals surface area (Å²) in [6.45, 7) is 4.57. The zero-order chi connectivity index (χ0) is 15.3. The molecule has 0 saturated heterocycles. The van der Waals surface area contributed by atoms with Gasteiger partial charge in [0, 0.05) is 37.4 Å². The van der Waals surface area contributed by atoms with Gasteiger partial charge in [-0.1, -0.05) is 12.8 Å². The van der Waals surface area contributed by atoms with Crippen molar-refractivity contribution < 1.29 is 4.74 Å². The Morgan fingerprint density at radius 3 is 2.62 bits per heavy atom. The van der Waals surface area contributed by atoms with Gasteiger partial charge in [0.25, 0.3) is 0 Å². The summed E-state index contributed by atoms with van der Waals surface area (Å²) in [7, 11) is 5.99. The van der Waals surface area contributed by atoms with Crippen LogP contribution >= 0.6 is 0 Å². The molecule has 118 valence electrons. The third kappa shape index (κ3) is 4.64. The van der Waals surface area contributed by atoms with Gasteiger partial charge in [0.05, 0.1) is 0 Å². The average Bonchev–Trinajstić information content (AvgIpc) is 2.84. The van der Waals surface area contributed by atoms with E-state index in [1.165, 1.54) is 25.7 Å². The van der Waals surface area contributed by atoms with E-state index in [9.17, 15) is 0 Å². The van der Waals surface area contributed by atoms with Crippen molar-refractivity contribution in [2.45, 2.75) is 39.2 Å². The molecule has 5 heteroatoms. The predicted molar refractivity (Wildman–Crippen MR) is 85.4 cm³/mol. The van der Waals surface area contributed by atoms with E-state index in [0.717, 1.165) is 30.4 Å². The molecule has 0 aromatic carbocycles. The third-order valence-electron chi connectivity index (χ3n) is 4.13. The van der Waals surface area contributed by atoms with Gasteiger partial charge < -0.3 is 15.0 Å². The predicted octanol–water partition coefficient (Wildman–Crippen LogP) is 2.47. The Bertz CT molecular complexity index is 456. The van der Waals surface area contributed by atoms with E-state index in [2.05, 4.69) is 34.3 Å². The van der Waals surface area contributed by atoms with Gasteiger partial charge in [-0.25, -0.2) is 9.97 Å². The molecule has 2 rings (SSSR count). The number of nitrogens with one attached hydrogen (secondary N) is 1. The van der Waals surface area contributed by atoms with Gasteiger partial charge in [0.2, 0.25) is 0 Å². The second-order valence-corrected chi connectivity index (χ2v) is 6.54. The fourth-order valence-corrected chi connectivity index (χ4v) is 3.38. The van der Waals surface area contributed by atoms with Crippen molar-refractivity contribution in [3.63, 3.8) is 0 Å². The van der Waals surface area contributed by atoms with Gasteiger partial charge in [-0.15, -0.1) is 0 Å². The summed E-state index contributed by atoms with van der Waals surface area (Å²) in [4.78, 5) is 11.2. The molecule has 0 radical (unpaired) electrons. The van der Waals surface area contributed by atoms with E-state index in [1.54, 1.807) is 7.11 Å². The van der Waals surface area contributed by atoms with Crippen LogP contribution in [0.25, 0.3) is 0 Å². The Kier molecular flexibility index (Phi) is 5.53. The van der Waals surface area contributed by atoms with E-state index in [4.69, 9.17) is 4.74 Å². The highest BCUT2D eigenvalue weighted by Gasteiger charge is 2.34. The van der Waals surface area contributed by atoms with Crippen LogP contribution in [0, 0.1) is 12.3 Å². The first-order chi connectivity index (χ1) is 10.0. The number of nitrogens with zero attached hydrogens (tertiary/aromatic N) is 3. The summed E-state index contributed by atoms with van der Waals surface area (Å²) >= 11 is 0. The van der Waals surface area contributed by atoms with Crippen LogP contribution in [0.4, 0.5) is 5.82 Å². The van der Waals surface area contributed by atoms with Gasteiger partial charge >= 0.3 is 0 Å². The fraction of sp³-hybridized carbons (Fsp3) is 0.750. The van der Waals surface area contributed by atoms with Crippen molar-refractivity contribution >= 4 is 5.82 Å². The SMILES string of the molecule is COCc1nc(C)cc(NCC2(CN(C)C)CCCC2)n1. The lowest BCUT2D eigenvalue weighted by atomic mass is 9.85. The molecule has 0 spiro atoms. The van der Waals surface area contributed by atoms with Crippen molar-refractivity contribution in [1.82, 2.24) is 14.9 Å². The molecule has 21 heavy (non-hydrogen) atoms. The second kappa shape index (κ2) is 7.18. The molecule has 1 aromatic rings. The van der Waals surface area contributed by atoms with Crippen LogP contribution in [0.2, 0.25) is 0 Å². The van der Waals surface area contributed by atoms with E-state index >= 15 is 0 Å². The summed E-state index contributed by atoms with van der Waals surface area (Å²) in [5.41, 5.74) is 1.36. The van der Waals surface area contributed by atoms with Crippen LogP contribution in [-0.4, -0.2) is 49.2 Å². The number of hydrogen-bond donors (Lipinski definition) is 1. The van der Waals surface area contributed by atoms with Crippen LogP contribution in [0.15, 0.2) is 6.07 Å². The maximum Gasteiger partial charge on any atom is 0.156 e. The van der Waals surface area contributed by atoms with Gasteiger partial charge in [-0.2, -0.15) is 0 Å². The second-order valence-electron chi connectivity index (χ2n) is 6.54. The smallest absolute Gasteiger partial charge is 0.156 e. The van der Waals surface area contributed by atoms with E-state index in [1.807, 2.05) is 13.0 Å². The molecule has 0 unspecified atom stereocenters. The van der Waals surface area contributed by atoms with Crippen molar-refractivity contribution in [2.75, 3.05) is 39.6 Å². The number of anilines is 1. The molecule has 1 aliphatic rings. The molecule has 1 heterocycles. The van der Waals surface area contributed by atoms with Gasteiger partial charge in [0.15, 0.2) is 5.82 Å². The van der Waals surface area contributed by atoms with E-state index in [0.29, 0.717) is 12.0 Å². The number of aromatic nitrogens is 2. The number of methoxy groups -OCH3 is 1. The van der Waals surface area contributed by atoms with Crippen LogP contribution in [0.3, 0.4) is 0 Å². The van der Waals surface area contributed by atoms with Crippen molar-refractivity contribution in [3.05, 3.63) is 17.6 Å². The van der Waals surface area contributed by atoms with Crippen LogP contribution in [0.1, 0.15) is 37.2 Å². The lowest BCUT2D eigenvalue weighted by Gasteiger charge is -2.32. The van der Waals surface area contributed by atoms with Crippen molar-refractivity contribution in [3.8, 4) is 0 Å². The van der Waals surface area contributed by atoms with Crippen molar-refractivity contribution in [1.29, 1.82) is 0 Å². The van der Waals surface area contributed by atoms with Gasteiger partial charge in [-0.3, -0.25) is 0 Å². The lowest BCUT2D eigenvalue weighted by Crippen LogP contribution is -2.37. The number of ether oxygens (including phenoxy) is 1. The maximum atomic E-state index is 5.13. The molecule has 1 N–H and O–H groups in total. The average molecular weight is 292 g/mol. The van der Waals surface area contributed by atoms with E-state index in [-0.39, 0.29) is 0 Å². The number of aryl methyl sites for hydroxylation is 1. The molecule has 5 nitrogen and oxygen atoms in total. The standard InChI is InChI=1S/C16H28N4O/c1-13-9-14(19-15(18-13)10-21-4)17-11-16(12-20(2)3)7-5-6-8-16/h9H,5-8,10-12H2,1-4H3,(H,17,18,19). The van der Waals surface area contributed by atoms with Crippen LogP contribution in [-0.2, 0) is 11.3 Å². The van der Waals surface area contributed by atoms with Gasteiger partial charge in [0.1, 0.15) is 12.4 Å². The first kappa shape index (κ1) is 16.2. The Morgan fingerprint density at radius 2 is 2.00 bits per heavy atom. The van der Waals surface area contributed by atoms with Gasteiger partial charge in [-0.05, 0) is 33.9 Å². The summed E-state index contributed by atoms with van der Waals surface area (Å²) < 4.78 is 5.13. The first-order valence-corrected chi connectivity index (χ1v) is 7.75. The Balaban J connectivity index is 2.03. The monoisotopic (exact) mass is 292 g/mol. The zero-order valence-electron chi connectivity index (χ0n) is 13.8. The molecule has 1 aromatic heterocycles. The molecule has 0 bridgehead atoms. The summed E-state index contributed by atoms with van der Waals surface area (Å²) in [6, 6.07) is 2.01. The minimum atomic E-state index is 0.379. The molecular formula is C16H28N4O. The summed E-state index contributed by atoms with van der Waals surface area (Å²) in [5.74, 6) is 1.66. The first-order valence-electron chi connectivity index (χ1n) is 7.75. The quantitative estimate of drug-likeness (QED) is 0.836. The van der Waals surface area contributed by atoms with Crippen molar-refractivity contribution in [2.24, 2.45) is 5.41 Å². The van der Waals surface area contributed by atoms with E-state index < -0.39 is 0 Å². The minimum Gasteiger partial charge on any atom is -0.377 e.